The van der Waals surface area contributed by atoms with Crippen LogP contribution in [0.1, 0.15) is 36.4 Å². The van der Waals surface area contributed by atoms with Crippen molar-refractivity contribution in [3.05, 3.63) is 78.5 Å². The van der Waals surface area contributed by atoms with Crippen molar-refractivity contribution in [1.29, 1.82) is 0 Å². The van der Waals surface area contributed by atoms with E-state index in [1.807, 2.05) is 4.57 Å². The van der Waals surface area contributed by atoms with Crippen LogP contribution in [0.4, 0.5) is 0 Å². The largest absolute Gasteiger partial charge is 0.361 e. The van der Waals surface area contributed by atoms with Gasteiger partial charge in [0.2, 0.25) is 0 Å². The van der Waals surface area contributed by atoms with Crippen LogP contribution in [0, 0.1) is 5.92 Å². The minimum absolute atomic E-state index is 0.486. The number of hydrogen-bond donors (Lipinski definition) is 2. The van der Waals surface area contributed by atoms with Crippen molar-refractivity contribution in [2.75, 3.05) is 39.8 Å². The highest BCUT2D eigenvalue weighted by atomic mass is 15.3. The van der Waals surface area contributed by atoms with E-state index in [9.17, 15) is 0 Å². The summed E-state index contributed by atoms with van der Waals surface area (Å²) in [5, 5.41) is 12.9. The number of rotatable bonds is 7. The Labute approximate surface area is 213 Å². The van der Waals surface area contributed by atoms with E-state index in [1.165, 1.54) is 41.3 Å². The molecule has 0 aliphatic carbocycles. The summed E-state index contributed by atoms with van der Waals surface area (Å²) in [6, 6.07) is 18.8. The van der Waals surface area contributed by atoms with Crippen LogP contribution in [-0.4, -0.2) is 75.4 Å². The maximum atomic E-state index is 3.96. The first-order valence-corrected chi connectivity index (χ1v) is 13.4. The predicted octanol–water partition coefficient (Wildman–Crippen LogP) is 4.04. The number of piperazine rings is 1. The van der Waals surface area contributed by atoms with Gasteiger partial charge in [-0.05, 0) is 81.1 Å². The molecular formula is C29H37N7. The molecule has 2 fully saturated rings. The molecule has 2 N–H and O–H groups in total. The molecule has 36 heavy (non-hydrogen) atoms. The molecule has 6 rings (SSSR count). The molecule has 2 aliphatic rings. The molecule has 0 bridgehead atoms. The monoisotopic (exact) mass is 483 g/mol. The molecule has 0 spiro atoms. The molecule has 0 radical (unpaired) electrons. The fraction of sp³-hybridized carbons (Fsp3) is 0.448. The zero-order valence-corrected chi connectivity index (χ0v) is 21.2. The van der Waals surface area contributed by atoms with E-state index >= 15 is 0 Å². The Hall–Kier alpha value is -3.00. The fourth-order valence-corrected chi connectivity index (χ4v) is 6.37. The minimum atomic E-state index is 0.486. The normalized spacial score (nSPS) is 23.9. The van der Waals surface area contributed by atoms with E-state index in [0.717, 1.165) is 44.8 Å². The lowest BCUT2D eigenvalue weighted by Gasteiger charge is -2.48. The highest BCUT2D eigenvalue weighted by Crippen LogP contribution is 2.33. The Morgan fingerprint density at radius 1 is 1.03 bits per heavy atom. The molecule has 3 unspecified atom stereocenters. The van der Waals surface area contributed by atoms with Crippen molar-refractivity contribution < 1.29 is 0 Å². The number of aromatic nitrogens is 4. The van der Waals surface area contributed by atoms with Gasteiger partial charge in [0.05, 0.1) is 0 Å². The summed E-state index contributed by atoms with van der Waals surface area (Å²) in [6.45, 7) is 5.69. The first-order chi connectivity index (χ1) is 17.8. The smallest absolute Gasteiger partial charge is 0.123 e. The van der Waals surface area contributed by atoms with Gasteiger partial charge in [-0.3, -0.25) is 9.47 Å². The van der Waals surface area contributed by atoms with Gasteiger partial charge < -0.3 is 15.2 Å². The number of H-pyrrole nitrogens is 1. The van der Waals surface area contributed by atoms with Crippen LogP contribution < -0.4 is 5.32 Å². The highest BCUT2D eigenvalue weighted by molar-refractivity contribution is 5.85. The topological polar surface area (TPSA) is 65.0 Å². The molecule has 2 saturated heterocycles. The molecule has 2 aromatic carbocycles. The molecule has 7 heteroatoms. The molecule has 3 atom stereocenters. The number of hydrogen-bond acceptors (Lipinski definition) is 5. The lowest BCUT2D eigenvalue weighted by molar-refractivity contribution is 0.0126. The fourth-order valence-electron chi connectivity index (χ4n) is 6.37. The molecule has 0 saturated carbocycles. The third kappa shape index (κ3) is 4.83. The first-order valence-electron chi connectivity index (χ1n) is 13.4. The summed E-state index contributed by atoms with van der Waals surface area (Å²) in [5.41, 5.74) is 5.17. The summed E-state index contributed by atoms with van der Waals surface area (Å²) < 4.78 is 1.97. The zero-order chi connectivity index (χ0) is 24.3. The summed E-state index contributed by atoms with van der Waals surface area (Å²) in [6.07, 6.45) is 10.5. The SMILES string of the molecule is CN1CCN(C2CCNCC2CCCc2c[nH]c3ccc(-n4cnnc4)cc23)C(c2ccccc2)C1. The maximum Gasteiger partial charge on any atom is 0.123 e. The molecular weight excluding hydrogens is 446 g/mol. The van der Waals surface area contributed by atoms with Gasteiger partial charge in [-0.25, -0.2) is 0 Å². The van der Waals surface area contributed by atoms with Gasteiger partial charge in [0, 0.05) is 54.5 Å². The maximum absolute atomic E-state index is 3.96. The van der Waals surface area contributed by atoms with E-state index < -0.39 is 0 Å². The Morgan fingerprint density at radius 2 is 1.89 bits per heavy atom. The van der Waals surface area contributed by atoms with Crippen molar-refractivity contribution in [3.8, 4) is 5.69 Å². The molecule has 4 heterocycles. The van der Waals surface area contributed by atoms with Crippen LogP contribution in [-0.2, 0) is 6.42 Å². The second-order valence-electron chi connectivity index (χ2n) is 10.6. The van der Waals surface area contributed by atoms with Gasteiger partial charge in [0.1, 0.15) is 12.7 Å². The van der Waals surface area contributed by atoms with Crippen LogP contribution in [0.15, 0.2) is 67.4 Å². The van der Waals surface area contributed by atoms with Gasteiger partial charge in [-0.15, -0.1) is 10.2 Å². The van der Waals surface area contributed by atoms with Gasteiger partial charge in [-0.1, -0.05) is 30.3 Å². The number of benzene rings is 2. The average molecular weight is 484 g/mol. The Balaban J connectivity index is 1.15. The number of piperidine rings is 1. The standard InChI is InChI=1S/C29H37N7/c1-34-14-15-36(29(19-34)22-6-3-2-4-7-22)28-12-13-30-17-24(28)9-5-8-23-18-31-27-11-10-25(16-26(23)27)35-20-32-33-21-35/h2-4,6-7,10-11,16,18,20-21,24,28-31H,5,8-9,12-15,17,19H2,1H3. The van der Waals surface area contributed by atoms with Crippen molar-refractivity contribution in [1.82, 2.24) is 34.9 Å². The van der Waals surface area contributed by atoms with E-state index in [-0.39, 0.29) is 0 Å². The average Bonchev–Trinajstić information content (AvgIpc) is 3.60. The van der Waals surface area contributed by atoms with Gasteiger partial charge in [0.25, 0.3) is 0 Å². The summed E-state index contributed by atoms with van der Waals surface area (Å²) >= 11 is 0. The number of nitrogens with one attached hydrogen (secondary N) is 2. The number of aryl methyl sites for hydroxylation is 1. The zero-order valence-electron chi connectivity index (χ0n) is 21.2. The third-order valence-corrected chi connectivity index (χ3v) is 8.29. The Bertz CT molecular complexity index is 1250. The van der Waals surface area contributed by atoms with Crippen LogP contribution in [0.25, 0.3) is 16.6 Å². The second kappa shape index (κ2) is 10.5. The van der Waals surface area contributed by atoms with Gasteiger partial charge in [-0.2, -0.15) is 0 Å². The molecule has 4 aromatic rings. The van der Waals surface area contributed by atoms with E-state index in [2.05, 4.69) is 92.1 Å². The van der Waals surface area contributed by atoms with Crippen molar-refractivity contribution >= 4 is 10.9 Å². The number of likely N-dealkylation sites (N-methyl/N-ethyl adjacent to an activating group) is 1. The molecule has 0 amide bonds. The summed E-state index contributed by atoms with van der Waals surface area (Å²) in [5.74, 6) is 0.686. The lowest BCUT2D eigenvalue weighted by Crippen LogP contribution is -2.56. The number of aromatic amines is 1. The van der Waals surface area contributed by atoms with Crippen LogP contribution in [0.5, 0.6) is 0 Å². The van der Waals surface area contributed by atoms with Crippen LogP contribution >= 0.6 is 0 Å². The van der Waals surface area contributed by atoms with Gasteiger partial charge in [0.15, 0.2) is 0 Å². The Morgan fingerprint density at radius 3 is 2.75 bits per heavy atom. The summed E-state index contributed by atoms with van der Waals surface area (Å²) in [7, 11) is 2.27. The number of fused-ring (bicyclic) bond motifs is 1. The van der Waals surface area contributed by atoms with Crippen molar-refractivity contribution in [2.24, 2.45) is 5.92 Å². The Kier molecular flexibility index (Phi) is 6.86. The minimum Gasteiger partial charge on any atom is -0.361 e. The first kappa shape index (κ1) is 23.4. The predicted molar refractivity (Wildman–Crippen MR) is 144 cm³/mol. The van der Waals surface area contributed by atoms with E-state index in [4.69, 9.17) is 0 Å². The van der Waals surface area contributed by atoms with Gasteiger partial charge >= 0.3 is 0 Å². The third-order valence-electron chi connectivity index (χ3n) is 8.29. The molecule has 2 aliphatic heterocycles. The van der Waals surface area contributed by atoms with E-state index in [1.54, 1.807) is 12.7 Å². The number of nitrogens with zero attached hydrogens (tertiary/aromatic N) is 5. The lowest BCUT2D eigenvalue weighted by atomic mass is 9.85. The molecule has 7 nitrogen and oxygen atoms in total. The van der Waals surface area contributed by atoms with Crippen molar-refractivity contribution in [3.63, 3.8) is 0 Å². The van der Waals surface area contributed by atoms with Crippen LogP contribution in [0.2, 0.25) is 0 Å². The highest BCUT2D eigenvalue weighted by Gasteiger charge is 2.36. The van der Waals surface area contributed by atoms with Crippen molar-refractivity contribution in [2.45, 2.75) is 37.8 Å². The molecule has 2 aromatic heterocycles. The van der Waals surface area contributed by atoms with Crippen LogP contribution in [0.3, 0.4) is 0 Å². The molecule has 188 valence electrons. The van der Waals surface area contributed by atoms with E-state index in [0.29, 0.717) is 18.0 Å². The summed E-state index contributed by atoms with van der Waals surface area (Å²) in [4.78, 5) is 8.81. The quantitative estimate of drug-likeness (QED) is 0.415. The second-order valence-corrected chi connectivity index (χ2v) is 10.6.